The van der Waals surface area contributed by atoms with Crippen molar-refractivity contribution in [1.29, 1.82) is 0 Å². The first-order chi connectivity index (χ1) is 17.8. The third kappa shape index (κ3) is 8.02. The van der Waals surface area contributed by atoms with E-state index in [2.05, 4.69) is 20.9 Å². The highest BCUT2D eigenvalue weighted by Gasteiger charge is 2.33. The molecular formula is C25H35N5O8. The summed E-state index contributed by atoms with van der Waals surface area (Å²) in [5.74, 6) is -5.89. The molecule has 38 heavy (non-hydrogen) atoms. The van der Waals surface area contributed by atoms with Gasteiger partial charge < -0.3 is 42.0 Å². The van der Waals surface area contributed by atoms with Gasteiger partial charge in [-0.2, -0.15) is 0 Å². The number of para-hydroxylation sites is 1. The number of H-pyrrole nitrogens is 1. The van der Waals surface area contributed by atoms with E-state index in [1.807, 2.05) is 12.1 Å². The number of carbonyl (C=O) groups is 5. The van der Waals surface area contributed by atoms with Gasteiger partial charge in [0.15, 0.2) is 0 Å². The zero-order chi connectivity index (χ0) is 28.6. The fraction of sp³-hybridized carbons (Fsp3) is 0.480. The van der Waals surface area contributed by atoms with Crippen molar-refractivity contribution < 1.29 is 39.3 Å². The first kappa shape index (κ1) is 30.3. The quantitative estimate of drug-likeness (QED) is 0.156. The number of nitrogens with one attached hydrogen (secondary N) is 4. The Morgan fingerprint density at radius 2 is 1.55 bits per heavy atom. The van der Waals surface area contributed by atoms with Gasteiger partial charge in [0.1, 0.15) is 24.2 Å². The minimum atomic E-state index is -1.63. The number of nitrogens with two attached hydrogens (primary N) is 1. The number of aromatic nitrogens is 1. The largest absolute Gasteiger partial charge is 0.481 e. The molecule has 0 aliphatic carbocycles. The summed E-state index contributed by atoms with van der Waals surface area (Å²) in [5, 5.41) is 36.4. The van der Waals surface area contributed by atoms with E-state index in [9.17, 15) is 39.3 Å². The Labute approximate surface area is 219 Å². The number of hydrogen-bond donors (Lipinski definition) is 8. The van der Waals surface area contributed by atoms with Gasteiger partial charge in [-0.3, -0.25) is 19.2 Å². The summed E-state index contributed by atoms with van der Waals surface area (Å²) in [7, 11) is 0. The van der Waals surface area contributed by atoms with Crippen LogP contribution in [-0.2, 0) is 30.4 Å². The summed E-state index contributed by atoms with van der Waals surface area (Å²) in [4.78, 5) is 64.9. The lowest BCUT2D eigenvalue weighted by Gasteiger charge is -2.26. The van der Waals surface area contributed by atoms with E-state index in [0.717, 1.165) is 10.9 Å². The molecule has 3 amide bonds. The molecule has 0 saturated heterocycles. The number of carboxylic acids is 2. The second kappa shape index (κ2) is 13.5. The van der Waals surface area contributed by atoms with Gasteiger partial charge in [-0.05, 0) is 24.5 Å². The van der Waals surface area contributed by atoms with Gasteiger partial charge in [0, 0.05) is 23.5 Å². The molecule has 13 heteroatoms. The van der Waals surface area contributed by atoms with Gasteiger partial charge in [-0.25, -0.2) is 4.79 Å². The third-order valence-corrected chi connectivity index (χ3v) is 6.34. The smallest absolute Gasteiger partial charge is 0.326 e. The molecule has 13 nitrogen and oxygen atoms in total. The number of carbonyl (C=O) groups excluding carboxylic acids is 3. The minimum Gasteiger partial charge on any atom is -0.481 e. The summed E-state index contributed by atoms with van der Waals surface area (Å²) in [5.41, 5.74) is 7.14. The predicted molar refractivity (Wildman–Crippen MR) is 137 cm³/mol. The molecule has 208 valence electrons. The number of aliphatic carboxylic acids is 2. The minimum absolute atomic E-state index is 0.0554. The molecule has 1 aromatic heterocycles. The molecule has 1 aromatic carbocycles. The molecule has 0 aliphatic heterocycles. The topological polar surface area (TPSA) is 224 Å². The van der Waals surface area contributed by atoms with E-state index in [-0.39, 0.29) is 6.42 Å². The van der Waals surface area contributed by atoms with Crippen LogP contribution >= 0.6 is 0 Å². The molecule has 0 fully saturated rings. The average molecular weight is 534 g/mol. The van der Waals surface area contributed by atoms with Crippen molar-refractivity contribution in [3.63, 3.8) is 0 Å². The van der Waals surface area contributed by atoms with Gasteiger partial charge >= 0.3 is 11.9 Å². The number of aliphatic hydroxyl groups is 1. The molecule has 6 atom stereocenters. The maximum atomic E-state index is 13.3. The van der Waals surface area contributed by atoms with Crippen LogP contribution in [0.2, 0.25) is 0 Å². The molecule has 2 aromatic rings. The van der Waals surface area contributed by atoms with Crippen LogP contribution in [0.4, 0.5) is 0 Å². The normalized spacial score (nSPS) is 15.9. The lowest BCUT2D eigenvalue weighted by molar-refractivity contribution is -0.144. The molecule has 0 aliphatic rings. The first-order valence-electron chi connectivity index (χ1n) is 12.2. The Morgan fingerprint density at radius 1 is 0.947 bits per heavy atom. The van der Waals surface area contributed by atoms with Gasteiger partial charge in [0.25, 0.3) is 0 Å². The Balaban J connectivity index is 2.33. The third-order valence-electron chi connectivity index (χ3n) is 6.34. The van der Waals surface area contributed by atoms with Crippen molar-refractivity contribution in [2.24, 2.45) is 11.7 Å². The van der Waals surface area contributed by atoms with E-state index in [4.69, 9.17) is 5.73 Å². The zero-order valence-electron chi connectivity index (χ0n) is 21.4. The van der Waals surface area contributed by atoms with Gasteiger partial charge in [0.05, 0.1) is 12.5 Å². The maximum absolute atomic E-state index is 13.3. The van der Waals surface area contributed by atoms with E-state index in [1.54, 1.807) is 32.2 Å². The molecule has 6 unspecified atom stereocenters. The average Bonchev–Trinajstić information content (AvgIpc) is 3.27. The predicted octanol–water partition coefficient (Wildman–Crippen LogP) is -0.522. The highest BCUT2D eigenvalue weighted by molar-refractivity contribution is 5.96. The maximum Gasteiger partial charge on any atom is 0.326 e. The first-order valence-corrected chi connectivity index (χ1v) is 12.2. The Bertz CT molecular complexity index is 1160. The number of fused-ring (bicyclic) bond motifs is 1. The monoisotopic (exact) mass is 533 g/mol. The van der Waals surface area contributed by atoms with Crippen LogP contribution in [0.25, 0.3) is 10.9 Å². The number of rotatable bonds is 14. The highest BCUT2D eigenvalue weighted by atomic mass is 16.4. The number of aromatic amines is 1. The van der Waals surface area contributed by atoms with Crippen LogP contribution in [0.15, 0.2) is 30.5 Å². The second-order valence-electron chi connectivity index (χ2n) is 9.26. The van der Waals surface area contributed by atoms with Crippen molar-refractivity contribution in [3.05, 3.63) is 36.0 Å². The van der Waals surface area contributed by atoms with Crippen molar-refractivity contribution >= 4 is 40.6 Å². The van der Waals surface area contributed by atoms with E-state index in [1.165, 1.54) is 6.92 Å². The molecule has 2 rings (SSSR count). The van der Waals surface area contributed by atoms with E-state index < -0.39 is 72.3 Å². The fourth-order valence-electron chi connectivity index (χ4n) is 3.81. The van der Waals surface area contributed by atoms with Gasteiger partial charge in [-0.1, -0.05) is 38.5 Å². The van der Waals surface area contributed by atoms with E-state index in [0.29, 0.717) is 12.0 Å². The lowest BCUT2D eigenvalue weighted by Crippen LogP contribution is -2.59. The summed E-state index contributed by atoms with van der Waals surface area (Å²) < 4.78 is 0. The van der Waals surface area contributed by atoms with Crippen molar-refractivity contribution in [1.82, 2.24) is 20.9 Å². The molecular weight excluding hydrogens is 498 g/mol. The number of hydrogen-bond acceptors (Lipinski definition) is 7. The Morgan fingerprint density at radius 3 is 2.13 bits per heavy atom. The van der Waals surface area contributed by atoms with Crippen molar-refractivity contribution in [2.75, 3.05) is 0 Å². The zero-order valence-corrected chi connectivity index (χ0v) is 21.4. The van der Waals surface area contributed by atoms with Crippen LogP contribution in [0.5, 0.6) is 0 Å². The van der Waals surface area contributed by atoms with Crippen LogP contribution in [0.1, 0.15) is 39.2 Å². The summed E-state index contributed by atoms with van der Waals surface area (Å²) in [6.45, 7) is 4.66. The molecule has 0 saturated carbocycles. The summed E-state index contributed by atoms with van der Waals surface area (Å²) in [6, 6.07) is 1.65. The highest BCUT2D eigenvalue weighted by Crippen LogP contribution is 2.19. The number of aliphatic hydroxyl groups excluding tert-OH is 1. The van der Waals surface area contributed by atoms with E-state index >= 15 is 0 Å². The number of amides is 3. The molecule has 0 radical (unpaired) electrons. The lowest BCUT2D eigenvalue weighted by atomic mass is 9.98. The second-order valence-corrected chi connectivity index (χ2v) is 9.26. The van der Waals surface area contributed by atoms with Gasteiger partial charge in [-0.15, -0.1) is 0 Å². The molecule has 1 heterocycles. The molecule has 0 bridgehead atoms. The van der Waals surface area contributed by atoms with Crippen LogP contribution < -0.4 is 21.7 Å². The van der Waals surface area contributed by atoms with Crippen LogP contribution in [0.3, 0.4) is 0 Å². The van der Waals surface area contributed by atoms with Crippen LogP contribution in [-0.4, -0.2) is 80.2 Å². The number of carboxylic acid groups (broad SMARTS) is 2. The van der Waals surface area contributed by atoms with Gasteiger partial charge in [0.2, 0.25) is 17.7 Å². The standard InChI is InChI=1S/C25H35N5O8/c1-4-12(2)21(25(37)38)30-23(35)18(10-19(32)33)28-22(34)17(29-24(36)20(26)13(3)31)9-14-11-27-16-8-6-5-7-15(14)16/h5-8,11-13,17-18,20-21,27,31H,4,9-10,26H2,1-3H3,(H,28,34)(H,29,36)(H,30,35)(H,32,33)(H,37,38). The molecule has 9 N–H and O–H groups in total. The molecule has 0 spiro atoms. The Kier molecular flexibility index (Phi) is 10.8. The van der Waals surface area contributed by atoms with Crippen LogP contribution in [0, 0.1) is 5.92 Å². The summed E-state index contributed by atoms with van der Waals surface area (Å²) in [6.07, 6.45) is -0.0246. The fourth-order valence-corrected chi connectivity index (χ4v) is 3.81. The summed E-state index contributed by atoms with van der Waals surface area (Å²) >= 11 is 0. The van der Waals surface area contributed by atoms with Crippen molar-refractivity contribution in [3.8, 4) is 0 Å². The number of benzene rings is 1. The Hall–Kier alpha value is -3.97. The van der Waals surface area contributed by atoms with Crippen molar-refractivity contribution in [2.45, 2.75) is 70.3 Å². The SMILES string of the molecule is CCC(C)C(NC(=O)C(CC(=O)O)NC(=O)C(Cc1c[nH]c2ccccc12)NC(=O)C(N)C(C)O)C(=O)O.